The van der Waals surface area contributed by atoms with Gasteiger partial charge in [0.15, 0.2) is 0 Å². The van der Waals surface area contributed by atoms with Crippen molar-refractivity contribution in [3.05, 3.63) is 95.0 Å². The molecule has 0 aliphatic rings. The number of aromatic nitrogens is 1. The lowest BCUT2D eigenvalue weighted by atomic mass is 10.1. The van der Waals surface area contributed by atoms with Crippen molar-refractivity contribution in [1.29, 1.82) is 0 Å². The van der Waals surface area contributed by atoms with Crippen molar-refractivity contribution in [2.45, 2.75) is 30.2 Å². The largest absolute Gasteiger partial charge is 0.372 e. The molecule has 0 radical (unpaired) electrons. The number of hydrogen-bond donors (Lipinski definition) is 1. The average molecular weight is 490 g/mol. The Morgan fingerprint density at radius 1 is 1.03 bits per heavy atom. The molecule has 0 saturated heterocycles. The molecule has 4 nitrogen and oxygen atoms in total. The first-order valence-electron chi connectivity index (χ1n) is 11.5. The van der Waals surface area contributed by atoms with Gasteiger partial charge >= 0.3 is 0 Å². The summed E-state index contributed by atoms with van der Waals surface area (Å²) in [4.78, 5) is 21.2. The first kappa shape index (κ1) is 24.1. The van der Waals surface area contributed by atoms with E-state index in [0.29, 0.717) is 17.1 Å². The molecule has 174 valence electrons. The number of aryl methyl sites for hydroxylation is 1. The highest BCUT2D eigenvalue weighted by Gasteiger charge is 2.14. The van der Waals surface area contributed by atoms with Crippen molar-refractivity contribution in [3.63, 3.8) is 0 Å². The average Bonchev–Trinajstić information content (AvgIpc) is 2.83. The lowest BCUT2D eigenvalue weighted by Gasteiger charge is -2.23. The molecule has 0 atom stereocenters. The van der Waals surface area contributed by atoms with Gasteiger partial charge in [0.05, 0.1) is 11.1 Å². The number of pyridine rings is 1. The fourth-order valence-corrected chi connectivity index (χ4v) is 5.05. The number of fused-ring (bicyclic) bond motifs is 1. The molecule has 0 bridgehead atoms. The van der Waals surface area contributed by atoms with Gasteiger partial charge < -0.3 is 10.2 Å². The molecular weight excluding hydrogens is 462 g/mol. The van der Waals surface area contributed by atoms with E-state index in [1.54, 1.807) is 0 Å². The molecule has 0 spiro atoms. The molecule has 0 saturated carbocycles. The third kappa shape index (κ3) is 6.10. The van der Waals surface area contributed by atoms with Crippen LogP contribution in [0.3, 0.4) is 0 Å². The summed E-state index contributed by atoms with van der Waals surface area (Å²) in [5, 5.41) is 5.40. The number of amides is 1. The normalized spacial score (nSPS) is 10.9. The van der Waals surface area contributed by atoms with Gasteiger partial charge in [-0.25, -0.2) is 4.98 Å². The van der Waals surface area contributed by atoms with Crippen molar-refractivity contribution >= 4 is 45.9 Å². The number of carbonyl (C=O) groups is 1. The van der Waals surface area contributed by atoms with E-state index in [2.05, 4.69) is 48.3 Å². The summed E-state index contributed by atoms with van der Waals surface area (Å²) in [6.45, 7) is 6.68. The fourth-order valence-electron chi connectivity index (χ4n) is 3.90. The lowest BCUT2D eigenvalue weighted by molar-refractivity contribution is 0.0954. The second-order valence-electron chi connectivity index (χ2n) is 8.11. The van der Waals surface area contributed by atoms with Gasteiger partial charge in [-0.3, -0.25) is 4.79 Å². The predicted molar refractivity (Wildman–Crippen MR) is 143 cm³/mol. The Kier molecular flexibility index (Phi) is 8.09. The van der Waals surface area contributed by atoms with E-state index in [0.717, 1.165) is 40.3 Å². The molecule has 6 heteroatoms. The van der Waals surface area contributed by atoms with Crippen molar-refractivity contribution in [2.75, 3.05) is 24.5 Å². The highest BCUT2D eigenvalue weighted by Crippen LogP contribution is 2.31. The second-order valence-corrected chi connectivity index (χ2v) is 9.64. The number of halogens is 1. The van der Waals surface area contributed by atoms with Crippen LogP contribution < -0.4 is 10.2 Å². The van der Waals surface area contributed by atoms with E-state index in [9.17, 15) is 4.79 Å². The third-order valence-corrected chi connectivity index (χ3v) is 6.74. The maximum atomic E-state index is 13.2. The van der Waals surface area contributed by atoms with Gasteiger partial charge in [0, 0.05) is 40.6 Å². The minimum Gasteiger partial charge on any atom is -0.372 e. The highest BCUT2D eigenvalue weighted by atomic mass is 35.5. The molecule has 1 N–H and O–H groups in total. The van der Waals surface area contributed by atoms with Crippen molar-refractivity contribution in [3.8, 4) is 0 Å². The van der Waals surface area contributed by atoms with E-state index in [-0.39, 0.29) is 5.91 Å². The van der Waals surface area contributed by atoms with Gasteiger partial charge in [-0.2, -0.15) is 0 Å². The van der Waals surface area contributed by atoms with Crippen LogP contribution >= 0.6 is 23.4 Å². The number of nitrogens with zero attached hydrogens (tertiary/aromatic N) is 2. The summed E-state index contributed by atoms with van der Waals surface area (Å²) in [6, 6.07) is 25.8. The highest BCUT2D eigenvalue weighted by molar-refractivity contribution is 7.99. The molecule has 0 aliphatic heterocycles. The standard InChI is InChI=1S/C28H28ClN3OS/c1-3-32(22-11-6-9-20(2)17-22)16-8-15-30-28(33)25-19-27(31-26-14-5-4-13-24(25)26)34-23-12-7-10-21(29)18-23/h4-7,9-14,17-19H,3,8,15-16H2,1-2H3,(H,30,33). The van der Waals surface area contributed by atoms with Gasteiger partial charge in [-0.05, 0) is 68.3 Å². The Morgan fingerprint density at radius 2 is 1.85 bits per heavy atom. The number of para-hydroxylation sites is 1. The molecule has 1 amide bonds. The van der Waals surface area contributed by atoms with Crippen LogP contribution in [-0.4, -0.2) is 30.5 Å². The van der Waals surface area contributed by atoms with Crippen molar-refractivity contribution in [1.82, 2.24) is 10.3 Å². The number of rotatable bonds is 9. The predicted octanol–water partition coefficient (Wildman–Crippen LogP) is 6.99. The maximum absolute atomic E-state index is 13.2. The maximum Gasteiger partial charge on any atom is 0.252 e. The third-order valence-electron chi connectivity index (χ3n) is 5.59. The van der Waals surface area contributed by atoms with Crippen LogP contribution in [0.15, 0.2) is 88.8 Å². The second kappa shape index (κ2) is 11.4. The molecule has 3 aromatic carbocycles. The Morgan fingerprint density at radius 3 is 2.65 bits per heavy atom. The van der Waals surface area contributed by atoms with Gasteiger partial charge in [-0.1, -0.05) is 59.8 Å². The number of hydrogen-bond acceptors (Lipinski definition) is 4. The Hall–Kier alpha value is -3.02. The van der Waals surface area contributed by atoms with E-state index >= 15 is 0 Å². The van der Waals surface area contributed by atoms with Gasteiger partial charge in [0.2, 0.25) is 0 Å². The minimum absolute atomic E-state index is 0.0786. The lowest BCUT2D eigenvalue weighted by Crippen LogP contribution is -2.30. The summed E-state index contributed by atoms with van der Waals surface area (Å²) in [6.07, 6.45) is 0.862. The minimum atomic E-state index is -0.0786. The van der Waals surface area contributed by atoms with Crippen LogP contribution in [0.25, 0.3) is 10.9 Å². The van der Waals surface area contributed by atoms with Crippen LogP contribution in [0, 0.1) is 6.92 Å². The first-order valence-corrected chi connectivity index (χ1v) is 12.7. The summed E-state index contributed by atoms with van der Waals surface area (Å²) < 4.78 is 0. The smallest absolute Gasteiger partial charge is 0.252 e. The first-order chi connectivity index (χ1) is 16.5. The Labute approximate surface area is 210 Å². The van der Waals surface area contributed by atoms with Crippen LogP contribution in [-0.2, 0) is 0 Å². The van der Waals surface area contributed by atoms with Gasteiger partial charge in [-0.15, -0.1) is 0 Å². The van der Waals surface area contributed by atoms with Crippen molar-refractivity contribution in [2.24, 2.45) is 0 Å². The molecule has 4 aromatic rings. The number of benzene rings is 3. The number of anilines is 1. The topological polar surface area (TPSA) is 45.2 Å². The van der Waals surface area contributed by atoms with Gasteiger partial charge in [0.1, 0.15) is 5.03 Å². The molecule has 1 aromatic heterocycles. The zero-order valence-electron chi connectivity index (χ0n) is 19.4. The molecule has 1 heterocycles. The molecule has 4 rings (SSSR count). The van der Waals surface area contributed by atoms with Gasteiger partial charge in [0.25, 0.3) is 5.91 Å². The van der Waals surface area contributed by atoms with E-state index in [4.69, 9.17) is 16.6 Å². The summed E-state index contributed by atoms with van der Waals surface area (Å²) in [5.41, 5.74) is 3.91. The molecular formula is C28H28ClN3OS. The van der Waals surface area contributed by atoms with Crippen LogP contribution in [0.1, 0.15) is 29.3 Å². The van der Waals surface area contributed by atoms with Crippen LogP contribution in [0.2, 0.25) is 5.02 Å². The van der Waals surface area contributed by atoms with Crippen LogP contribution in [0.5, 0.6) is 0 Å². The molecule has 0 unspecified atom stereocenters. The Bertz CT molecular complexity index is 1290. The SMILES string of the molecule is CCN(CCCNC(=O)c1cc(Sc2cccc(Cl)c2)nc2ccccc12)c1cccc(C)c1. The molecule has 0 aliphatic carbocycles. The Balaban J connectivity index is 1.45. The molecule has 34 heavy (non-hydrogen) atoms. The van der Waals surface area contributed by atoms with Crippen LogP contribution in [0.4, 0.5) is 5.69 Å². The quantitative estimate of drug-likeness (QED) is 0.257. The zero-order chi connectivity index (χ0) is 23.9. The van der Waals surface area contributed by atoms with Crippen molar-refractivity contribution < 1.29 is 4.79 Å². The number of carbonyl (C=O) groups excluding carboxylic acids is 1. The number of nitrogens with one attached hydrogen (secondary N) is 1. The summed E-state index contributed by atoms with van der Waals surface area (Å²) >= 11 is 7.64. The molecule has 0 fully saturated rings. The fraction of sp³-hybridized carbons (Fsp3) is 0.214. The summed E-state index contributed by atoms with van der Waals surface area (Å²) in [5.74, 6) is -0.0786. The van der Waals surface area contributed by atoms with E-state index in [1.807, 2.05) is 54.6 Å². The monoisotopic (exact) mass is 489 g/mol. The van der Waals surface area contributed by atoms with E-state index in [1.165, 1.54) is 23.0 Å². The zero-order valence-corrected chi connectivity index (χ0v) is 21.0. The summed E-state index contributed by atoms with van der Waals surface area (Å²) in [7, 11) is 0. The van der Waals surface area contributed by atoms with E-state index < -0.39 is 0 Å².